The fourth-order valence-electron chi connectivity index (χ4n) is 3.79. The third-order valence-electron chi connectivity index (χ3n) is 5.20. The fraction of sp³-hybridized carbons (Fsp3) is 0.0870. The Kier molecular flexibility index (Phi) is 4.22. The van der Waals surface area contributed by atoms with Gasteiger partial charge in [0.15, 0.2) is 0 Å². The molecular weight excluding hydrogens is 442 g/mol. The van der Waals surface area contributed by atoms with Crippen molar-refractivity contribution < 1.29 is 0 Å². The van der Waals surface area contributed by atoms with Crippen molar-refractivity contribution in [1.29, 1.82) is 0 Å². The number of fused-ring (bicyclic) bond motifs is 2. The van der Waals surface area contributed by atoms with E-state index in [0.717, 1.165) is 37.7 Å². The lowest BCUT2D eigenvalue weighted by Gasteiger charge is -2.16. The third kappa shape index (κ3) is 2.90. The molecule has 0 fully saturated rings. The van der Waals surface area contributed by atoms with E-state index in [1.54, 1.807) is 9.25 Å². The lowest BCUT2D eigenvalue weighted by Crippen LogP contribution is -2.23. The van der Waals surface area contributed by atoms with Gasteiger partial charge < -0.3 is 5.73 Å². The smallest absolute Gasteiger partial charge is 0.266 e. The molecule has 148 valence electrons. The van der Waals surface area contributed by atoms with E-state index < -0.39 is 0 Å². The van der Waals surface area contributed by atoms with Crippen molar-refractivity contribution in [1.82, 2.24) is 19.3 Å². The lowest BCUT2D eigenvalue weighted by atomic mass is 10.0. The summed E-state index contributed by atoms with van der Waals surface area (Å²) in [5.41, 5.74) is 10.9. The Morgan fingerprint density at radius 3 is 2.57 bits per heavy atom. The van der Waals surface area contributed by atoms with Crippen LogP contribution in [0.25, 0.3) is 38.8 Å². The monoisotopic (exact) mass is 459 g/mol. The minimum atomic E-state index is -0.205. The second kappa shape index (κ2) is 6.81. The molecule has 5 aromatic rings. The van der Waals surface area contributed by atoms with Gasteiger partial charge in [0.2, 0.25) is 0 Å². The number of aromatic nitrogens is 4. The summed E-state index contributed by atoms with van der Waals surface area (Å²) in [5, 5.41) is 6.10. The number of anilines is 1. The van der Waals surface area contributed by atoms with Crippen LogP contribution in [0.3, 0.4) is 0 Å². The number of nitrogens with two attached hydrogens (primary N) is 1. The first kappa shape index (κ1) is 18.6. The summed E-state index contributed by atoms with van der Waals surface area (Å²) in [6.45, 7) is 1.90. The van der Waals surface area contributed by atoms with E-state index in [-0.39, 0.29) is 5.56 Å². The first-order valence-electron chi connectivity index (χ1n) is 9.44. The zero-order valence-corrected chi connectivity index (χ0v) is 18.0. The first-order valence-corrected chi connectivity index (χ1v) is 10.2. The Hall–Kier alpha value is -3.45. The van der Waals surface area contributed by atoms with Crippen LogP contribution in [-0.2, 0) is 7.05 Å². The molecule has 0 aliphatic carbocycles. The fourth-order valence-corrected chi connectivity index (χ4v) is 4.06. The van der Waals surface area contributed by atoms with Crippen LogP contribution in [0, 0.1) is 6.92 Å². The molecule has 0 amide bonds. The molecule has 0 atom stereocenters. The van der Waals surface area contributed by atoms with Gasteiger partial charge in [0.1, 0.15) is 5.65 Å². The highest BCUT2D eigenvalue weighted by molar-refractivity contribution is 9.10. The highest BCUT2D eigenvalue weighted by Gasteiger charge is 2.19. The van der Waals surface area contributed by atoms with E-state index in [4.69, 9.17) is 5.73 Å². The number of rotatable bonds is 2. The minimum Gasteiger partial charge on any atom is -0.397 e. The van der Waals surface area contributed by atoms with Crippen molar-refractivity contribution >= 4 is 43.6 Å². The summed E-state index contributed by atoms with van der Waals surface area (Å²) in [7, 11) is 1.87. The SMILES string of the molecule is Cc1ccc2c(N)c(-c3ccc4nn(C)cc4c3)c(=O)n(-c3ccc(Br)cc3)c2n1. The number of benzene rings is 2. The molecule has 0 aliphatic rings. The Morgan fingerprint density at radius 1 is 1.03 bits per heavy atom. The molecule has 7 heteroatoms. The lowest BCUT2D eigenvalue weighted by molar-refractivity contribution is 0.780. The number of halogens is 1. The van der Waals surface area contributed by atoms with E-state index in [1.807, 2.05) is 74.8 Å². The zero-order chi connectivity index (χ0) is 21.0. The molecule has 0 bridgehead atoms. The molecule has 0 saturated carbocycles. The molecule has 0 radical (unpaired) electrons. The maximum atomic E-state index is 13.8. The van der Waals surface area contributed by atoms with Gasteiger partial charge in [-0.25, -0.2) is 4.98 Å². The van der Waals surface area contributed by atoms with Gasteiger partial charge >= 0.3 is 0 Å². The third-order valence-corrected chi connectivity index (χ3v) is 5.72. The van der Waals surface area contributed by atoms with E-state index in [1.165, 1.54) is 0 Å². The zero-order valence-electron chi connectivity index (χ0n) is 16.4. The van der Waals surface area contributed by atoms with Gasteiger partial charge in [0, 0.05) is 34.2 Å². The van der Waals surface area contributed by atoms with Crippen LogP contribution in [-0.4, -0.2) is 19.3 Å². The molecule has 0 unspecified atom stereocenters. The second-order valence-electron chi connectivity index (χ2n) is 7.31. The number of hydrogen-bond acceptors (Lipinski definition) is 4. The average Bonchev–Trinajstić information content (AvgIpc) is 3.08. The van der Waals surface area contributed by atoms with Gasteiger partial charge in [-0.2, -0.15) is 5.10 Å². The van der Waals surface area contributed by atoms with E-state index in [9.17, 15) is 4.79 Å². The molecule has 0 saturated heterocycles. The van der Waals surface area contributed by atoms with Gasteiger partial charge in [-0.05, 0) is 61.0 Å². The van der Waals surface area contributed by atoms with Crippen LogP contribution in [0.2, 0.25) is 0 Å². The molecular formula is C23H18BrN5O. The van der Waals surface area contributed by atoms with E-state index >= 15 is 0 Å². The molecule has 6 nitrogen and oxygen atoms in total. The summed E-state index contributed by atoms with van der Waals surface area (Å²) in [6.07, 6.45) is 1.92. The number of hydrogen-bond donors (Lipinski definition) is 1. The first-order chi connectivity index (χ1) is 14.4. The van der Waals surface area contributed by atoms with Crippen molar-refractivity contribution in [2.75, 3.05) is 5.73 Å². The van der Waals surface area contributed by atoms with Crippen LogP contribution >= 0.6 is 15.9 Å². The van der Waals surface area contributed by atoms with Crippen LogP contribution in [0.15, 0.2) is 70.1 Å². The van der Waals surface area contributed by atoms with E-state index in [0.29, 0.717) is 16.9 Å². The van der Waals surface area contributed by atoms with Crippen molar-refractivity contribution in [3.63, 3.8) is 0 Å². The molecule has 3 aromatic heterocycles. The van der Waals surface area contributed by atoms with Crippen molar-refractivity contribution in [3.05, 3.63) is 81.3 Å². The topological polar surface area (TPSA) is 78.7 Å². The van der Waals surface area contributed by atoms with Crippen LogP contribution in [0.5, 0.6) is 0 Å². The van der Waals surface area contributed by atoms with Gasteiger partial charge in [-0.1, -0.05) is 22.0 Å². The quantitative estimate of drug-likeness (QED) is 0.418. The van der Waals surface area contributed by atoms with Crippen molar-refractivity contribution in [2.24, 2.45) is 7.05 Å². The summed E-state index contributed by atoms with van der Waals surface area (Å²) in [4.78, 5) is 18.4. The molecule has 3 heterocycles. The molecule has 30 heavy (non-hydrogen) atoms. The predicted octanol–water partition coefficient (Wildman–Crippen LogP) is 4.59. The van der Waals surface area contributed by atoms with Gasteiger partial charge in [-0.15, -0.1) is 0 Å². The molecule has 0 spiro atoms. The number of nitrogens with zero attached hydrogens (tertiary/aromatic N) is 4. The summed E-state index contributed by atoms with van der Waals surface area (Å²) < 4.78 is 4.32. The van der Waals surface area contributed by atoms with Crippen LogP contribution in [0.4, 0.5) is 5.69 Å². The summed E-state index contributed by atoms with van der Waals surface area (Å²) >= 11 is 3.45. The molecule has 2 aromatic carbocycles. The van der Waals surface area contributed by atoms with Gasteiger partial charge in [-0.3, -0.25) is 14.0 Å². The second-order valence-corrected chi connectivity index (χ2v) is 8.22. The Labute approximate surface area is 180 Å². The Balaban J connectivity index is 1.89. The van der Waals surface area contributed by atoms with Gasteiger partial charge in [0.05, 0.1) is 22.5 Å². The predicted molar refractivity (Wildman–Crippen MR) is 124 cm³/mol. The van der Waals surface area contributed by atoms with Gasteiger partial charge in [0.25, 0.3) is 5.56 Å². The standard InChI is InChI=1S/C23H18BrN5O/c1-13-3-9-18-21(25)20(14-4-10-19-15(11-14)12-28(2)27-19)23(30)29(22(18)26-13)17-7-5-16(24)6-8-17/h3-12H,25H2,1-2H3. The highest BCUT2D eigenvalue weighted by atomic mass is 79.9. The minimum absolute atomic E-state index is 0.205. The van der Waals surface area contributed by atoms with Crippen molar-refractivity contribution in [2.45, 2.75) is 6.92 Å². The normalized spacial score (nSPS) is 11.4. The molecule has 2 N–H and O–H groups in total. The number of nitrogen functional groups attached to an aromatic ring is 1. The summed E-state index contributed by atoms with van der Waals surface area (Å²) in [5.74, 6) is 0. The number of aryl methyl sites for hydroxylation is 2. The number of pyridine rings is 2. The van der Waals surface area contributed by atoms with Crippen LogP contribution < -0.4 is 11.3 Å². The molecule has 5 rings (SSSR count). The average molecular weight is 460 g/mol. The maximum Gasteiger partial charge on any atom is 0.266 e. The van der Waals surface area contributed by atoms with Crippen LogP contribution in [0.1, 0.15) is 5.69 Å². The highest BCUT2D eigenvalue weighted by Crippen LogP contribution is 2.32. The largest absolute Gasteiger partial charge is 0.397 e. The maximum absolute atomic E-state index is 13.8. The molecule has 0 aliphatic heterocycles. The van der Waals surface area contributed by atoms with Crippen molar-refractivity contribution in [3.8, 4) is 16.8 Å². The summed E-state index contributed by atoms with van der Waals surface area (Å²) in [6, 6.07) is 17.2. The Bertz CT molecular complexity index is 1500. The Morgan fingerprint density at radius 2 is 1.80 bits per heavy atom. The van der Waals surface area contributed by atoms with E-state index in [2.05, 4.69) is 26.0 Å².